The Balaban J connectivity index is 2.64. The fourth-order valence-electron chi connectivity index (χ4n) is 3.28. The number of hydrogen-bond donors (Lipinski definition) is 1. The third-order valence-corrected chi connectivity index (χ3v) is 4.86. The first-order chi connectivity index (χ1) is 14.8. The molecule has 0 saturated heterocycles. The standard InChI is InChI=1S/C24H37NO6/c1-5-6-7-8-16-29-23-13-11-22(12-14-23)10-9-15-24(25-19(2)26,17-30-20(3)27)18-31-21(4)28/h11-14H,5-10,15-18H2,1-4H3,(H,25,26). The minimum atomic E-state index is -0.954. The lowest BCUT2D eigenvalue weighted by Crippen LogP contribution is -2.55. The normalized spacial score (nSPS) is 11.0. The van der Waals surface area contributed by atoms with E-state index in [2.05, 4.69) is 12.2 Å². The van der Waals surface area contributed by atoms with Gasteiger partial charge in [-0.25, -0.2) is 0 Å². The predicted molar refractivity (Wildman–Crippen MR) is 119 cm³/mol. The summed E-state index contributed by atoms with van der Waals surface area (Å²) in [6.07, 6.45) is 6.65. The molecule has 7 heteroatoms. The van der Waals surface area contributed by atoms with Crippen LogP contribution in [-0.4, -0.2) is 43.2 Å². The van der Waals surface area contributed by atoms with E-state index in [-0.39, 0.29) is 19.1 Å². The van der Waals surface area contributed by atoms with Crippen LogP contribution in [0.2, 0.25) is 0 Å². The molecule has 0 unspecified atom stereocenters. The van der Waals surface area contributed by atoms with Crippen molar-refractivity contribution >= 4 is 17.8 Å². The zero-order valence-corrected chi connectivity index (χ0v) is 19.3. The first-order valence-electron chi connectivity index (χ1n) is 11.0. The maximum atomic E-state index is 11.8. The van der Waals surface area contributed by atoms with E-state index in [0.29, 0.717) is 12.8 Å². The van der Waals surface area contributed by atoms with Gasteiger partial charge in [0.15, 0.2) is 0 Å². The molecular formula is C24H37NO6. The summed E-state index contributed by atoms with van der Waals surface area (Å²) in [7, 11) is 0. The van der Waals surface area contributed by atoms with E-state index >= 15 is 0 Å². The van der Waals surface area contributed by atoms with Gasteiger partial charge < -0.3 is 19.5 Å². The molecule has 0 bridgehead atoms. The van der Waals surface area contributed by atoms with Crippen molar-refractivity contribution in [1.82, 2.24) is 5.32 Å². The SMILES string of the molecule is CCCCCCOc1ccc(CCCC(COC(C)=O)(COC(C)=O)NC(C)=O)cc1. The van der Waals surface area contributed by atoms with Crippen molar-refractivity contribution in [3.05, 3.63) is 29.8 Å². The predicted octanol–water partition coefficient (Wildman–Crippen LogP) is 3.97. The number of esters is 2. The smallest absolute Gasteiger partial charge is 0.302 e. The quantitative estimate of drug-likeness (QED) is 0.331. The maximum absolute atomic E-state index is 11.8. The Labute approximate surface area is 185 Å². The molecule has 1 N–H and O–H groups in total. The van der Waals surface area contributed by atoms with Crippen molar-refractivity contribution in [1.29, 1.82) is 0 Å². The lowest BCUT2D eigenvalue weighted by atomic mass is 9.92. The molecule has 0 radical (unpaired) electrons. The molecule has 31 heavy (non-hydrogen) atoms. The Bertz CT molecular complexity index is 668. The topological polar surface area (TPSA) is 90.9 Å². The van der Waals surface area contributed by atoms with Crippen molar-refractivity contribution in [3.63, 3.8) is 0 Å². The molecule has 0 spiro atoms. The number of unbranched alkanes of at least 4 members (excludes halogenated alkanes) is 3. The van der Waals surface area contributed by atoms with Crippen LogP contribution in [0.3, 0.4) is 0 Å². The molecule has 1 aromatic carbocycles. The van der Waals surface area contributed by atoms with E-state index in [4.69, 9.17) is 14.2 Å². The van der Waals surface area contributed by atoms with Gasteiger partial charge in [0, 0.05) is 20.8 Å². The Kier molecular flexibility index (Phi) is 12.3. The second-order valence-electron chi connectivity index (χ2n) is 7.93. The third kappa shape index (κ3) is 12.0. The fraction of sp³-hybridized carbons (Fsp3) is 0.625. The molecule has 174 valence electrons. The molecule has 0 aliphatic rings. The van der Waals surface area contributed by atoms with Gasteiger partial charge in [-0.2, -0.15) is 0 Å². The van der Waals surface area contributed by atoms with Gasteiger partial charge in [-0.05, 0) is 43.4 Å². The number of benzene rings is 1. The van der Waals surface area contributed by atoms with E-state index in [1.807, 2.05) is 24.3 Å². The summed E-state index contributed by atoms with van der Waals surface area (Å²) in [5, 5.41) is 2.82. The van der Waals surface area contributed by atoms with Gasteiger partial charge in [-0.3, -0.25) is 14.4 Å². The van der Waals surface area contributed by atoms with Crippen LogP contribution in [0, 0.1) is 0 Å². The molecule has 0 fully saturated rings. The van der Waals surface area contributed by atoms with E-state index < -0.39 is 17.5 Å². The summed E-state index contributed by atoms with van der Waals surface area (Å²) in [5.41, 5.74) is 0.181. The lowest BCUT2D eigenvalue weighted by Gasteiger charge is -2.33. The van der Waals surface area contributed by atoms with Crippen LogP contribution >= 0.6 is 0 Å². The number of rotatable bonds is 15. The molecule has 0 saturated carbocycles. The first-order valence-corrected chi connectivity index (χ1v) is 11.0. The zero-order valence-electron chi connectivity index (χ0n) is 19.3. The summed E-state index contributed by atoms with van der Waals surface area (Å²) < 4.78 is 16.1. The van der Waals surface area contributed by atoms with E-state index in [0.717, 1.165) is 30.8 Å². The van der Waals surface area contributed by atoms with E-state index in [1.54, 1.807) is 0 Å². The molecule has 0 heterocycles. The number of aryl methyl sites for hydroxylation is 1. The number of carbonyl (C=O) groups excluding carboxylic acids is 3. The van der Waals surface area contributed by atoms with Gasteiger partial charge in [-0.1, -0.05) is 38.3 Å². The molecule has 7 nitrogen and oxygen atoms in total. The van der Waals surface area contributed by atoms with Crippen LogP contribution in [0.5, 0.6) is 5.75 Å². The van der Waals surface area contributed by atoms with Crippen LogP contribution in [0.4, 0.5) is 0 Å². The van der Waals surface area contributed by atoms with Gasteiger partial charge in [0.05, 0.1) is 6.61 Å². The monoisotopic (exact) mass is 435 g/mol. The van der Waals surface area contributed by atoms with Gasteiger partial charge >= 0.3 is 11.9 Å². The van der Waals surface area contributed by atoms with Crippen LogP contribution in [0.15, 0.2) is 24.3 Å². The fourth-order valence-corrected chi connectivity index (χ4v) is 3.28. The average molecular weight is 436 g/mol. The van der Waals surface area contributed by atoms with Gasteiger partial charge in [-0.15, -0.1) is 0 Å². The molecule has 1 aromatic rings. The molecular weight excluding hydrogens is 398 g/mol. The second-order valence-corrected chi connectivity index (χ2v) is 7.93. The molecule has 1 amide bonds. The molecule has 0 aliphatic heterocycles. The highest BCUT2D eigenvalue weighted by molar-refractivity contribution is 5.74. The summed E-state index contributed by atoms with van der Waals surface area (Å²) in [6, 6.07) is 7.99. The highest BCUT2D eigenvalue weighted by Crippen LogP contribution is 2.20. The van der Waals surface area contributed by atoms with Crippen molar-refractivity contribution in [2.24, 2.45) is 0 Å². The number of hydrogen-bond acceptors (Lipinski definition) is 6. The van der Waals surface area contributed by atoms with Crippen molar-refractivity contribution in [3.8, 4) is 5.75 Å². The molecule has 0 atom stereocenters. The van der Waals surface area contributed by atoms with Gasteiger partial charge in [0.1, 0.15) is 24.5 Å². The number of amides is 1. The van der Waals surface area contributed by atoms with Crippen LogP contribution < -0.4 is 10.1 Å². The average Bonchev–Trinajstić information content (AvgIpc) is 2.71. The summed E-state index contributed by atoms with van der Waals surface area (Å²) in [4.78, 5) is 34.4. The maximum Gasteiger partial charge on any atom is 0.302 e. The summed E-state index contributed by atoms with van der Waals surface area (Å²) in [5.74, 6) is -0.331. The van der Waals surface area contributed by atoms with Crippen molar-refractivity contribution < 1.29 is 28.6 Å². The summed E-state index contributed by atoms with van der Waals surface area (Å²) in [6.45, 7) is 6.80. The highest BCUT2D eigenvalue weighted by Gasteiger charge is 2.33. The Hall–Kier alpha value is -2.57. The Morgan fingerprint density at radius 3 is 2.00 bits per heavy atom. The minimum Gasteiger partial charge on any atom is -0.494 e. The number of ether oxygens (including phenoxy) is 3. The Morgan fingerprint density at radius 2 is 1.48 bits per heavy atom. The van der Waals surface area contributed by atoms with Crippen molar-refractivity contribution in [2.45, 2.75) is 78.2 Å². The summed E-state index contributed by atoms with van der Waals surface area (Å²) >= 11 is 0. The number of nitrogens with one attached hydrogen (secondary N) is 1. The minimum absolute atomic E-state index is 0.0556. The van der Waals surface area contributed by atoms with Gasteiger partial charge in [0.25, 0.3) is 0 Å². The molecule has 0 aromatic heterocycles. The third-order valence-electron chi connectivity index (χ3n) is 4.86. The molecule has 1 rings (SSSR count). The number of carbonyl (C=O) groups is 3. The van der Waals surface area contributed by atoms with E-state index in [1.165, 1.54) is 40.0 Å². The van der Waals surface area contributed by atoms with Crippen LogP contribution in [0.1, 0.15) is 71.8 Å². The van der Waals surface area contributed by atoms with Crippen molar-refractivity contribution in [2.75, 3.05) is 19.8 Å². The van der Waals surface area contributed by atoms with Crippen LogP contribution in [-0.2, 0) is 30.3 Å². The highest BCUT2D eigenvalue weighted by atomic mass is 16.5. The first kappa shape index (κ1) is 26.5. The Morgan fingerprint density at radius 1 is 0.871 bits per heavy atom. The second kappa shape index (κ2) is 14.4. The van der Waals surface area contributed by atoms with E-state index in [9.17, 15) is 14.4 Å². The molecule has 0 aliphatic carbocycles. The van der Waals surface area contributed by atoms with Crippen LogP contribution in [0.25, 0.3) is 0 Å². The zero-order chi connectivity index (χ0) is 23.1. The van der Waals surface area contributed by atoms with Gasteiger partial charge in [0.2, 0.25) is 5.91 Å². The largest absolute Gasteiger partial charge is 0.494 e. The lowest BCUT2D eigenvalue weighted by molar-refractivity contribution is -0.150.